The van der Waals surface area contributed by atoms with Gasteiger partial charge in [-0.1, -0.05) is 6.07 Å². The number of benzene rings is 1. The van der Waals surface area contributed by atoms with Crippen molar-refractivity contribution in [3.8, 4) is 0 Å². The van der Waals surface area contributed by atoms with Crippen LogP contribution in [0.5, 0.6) is 0 Å². The van der Waals surface area contributed by atoms with Gasteiger partial charge in [0.1, 0.15) is 10.6 Å². The van der Waals surface area contributed by atoms with Gasteiger partial charge in [0.15, 0.2) is 0 Å². The van der Waals surface area contributed by atoms with Gasteiger partial charge >= 0.3 is 0 Å². The SMILES string of the molecule is Cc1sc2ncn(CCC(=O)NCc3ccc(Br)c(F)c3)c(=O)c2c1C. The molecule has 3 aromatic rings. The summed E-state index contributed by atoms with van der Waals surface area (Å²) in [5, 5.41) is 3.36. The smallest absolute Gasteiger partial charge is 0.262 e. The molecular formula is C18H17BrFN3O2S. The summed E-state index contributed by atoms with van der Waals surface area (Å²) < 4.78 is 15.3. The Hall–Kier alpha value is -2.06. The van der Waals surface area contributed by atoms with Gasteiger partial charge in [-0.25, -0.2) is 9.37 Å². The Labute approximate surface area is 162 Å². The zero-order valence-corrected chi connectivity index (χ0v) is 16.7. The molecule has 5 nitrogen and oxygen atoms in total. The molecule has 0 unspecified atom stereocenters. The van der Waals surface area contributed by atoms with E-state index in [2.05, 4.69) is 26.2 Å². The first kappa shape index (κ1) is 18.7. The van der Waals surface area contributed by atoms with Crippen molar-refractivity contribution in [3.05, 3.63) is 61.2 Å². The van der Waals surface area contributed by atoms with E-state index in [0.717, 1.165) is 15.3 Å². The fourth-order valence-corrected chi connectivity index (χ4v) is 3.82. The van der Waals surface area contributed by atoms with Crippen LogP contribution in [0.1, 0.15) is 22.4 Å². The van der Waals surface area contributed by atoms with E-state index in [1.54, 1.807) is 12.1 Å². The highest BCUT2D eigenvalue weighted by molar-refractivity contribution is 9.10. The summed E-state index contributed by atoms with van der Waals surface area (Å²) in [6.45, 7) is 4.35. The number of aromatic nitrogens is 2. The predicted molar refractivity (Wildman–Crippen MR) is 104 cm³/mol. The number of amides is 1. The van der Waals surface area contributed by atoms with Crippen LogP contribution >= 0.6 is 27.3 Å². The van der Waals surface area contributed by atoms with E-state index in [-0.39, 0.29) is 36.8 Å². The summed E-state index contributed by atoms with van der Waals surface area (Å²) in [6, 6.07) is 4.70. The molecule has 26 heavy (non-hydrogen) atoms. The Balaban J connectivity index is 1.63. The molecule has 0 fully saturated rings. The normalized spacial score (nSPS) is 11.1. The average Bonchev–Trinajstić information content (AvgIpc) is 2.90. The molecule has 0 saturated heterocycles. The van der Waals surface area contributed by atoms with Crippen molar-refractivity contribution in [1.82, 2.24) is 14.9 Å². The second-order valence-electron chi connectivity index (χ2n) is 5.98. The molecule has 3 rings (SSSR count). The lowest BCUT2D eigenvalue weighted by Crippen LogP contribution is -2.27. The van der Waals surface area contributed by atoms with Gasteiger partial charge in [-0.05, 0) is 53.0 Å². The molecule has 0 aliphatic rings. The molecule has 0 saturated carbocycles. The Morgan fingerprint density at radius 3 is 2.88 bits per heavy atom. The van der Waals surface area contributed by atoms with Crippen LogP contribution in [0.4, 0.5) is 4.39 Å². The summed E-state index contributed by atoms with van der Waals surface area (Å²) in [7, 11) is 0. The van der Waals surface area contributed by atoms with Crippen molar-refractivity contribution in [3.63, 3.8) is 0 Å². The zero-order valence-electron chi connectivity index (χ0n) is 14.3. The molecule has 1 amide bonds. The molecule has 0 bridgehead atoms. The van der Waals surface area contributed by atoms with E-state index in [0.29, 0.717) is 15.4 Å². The predicted octanol–water partition coefficient (Wildman–Crippen LogP) is 3.68. The van der Waals surface area contributed by atoms with E-state index in [4.69, 9.17) is 0 Å². The molecule has 0 spiro atoms. The van der Waals surface area contributed by atoms with Crippen LogP contribution in [0.3, 0.4) is 0 Å². The molecule has 0 aliphatic heterocycles. The van der Waals surface area contributed by atoms with Gasteiger partial charge in [0.2, 0.25) is 5.91 Å². The number of carbonyl (C=O) groups is 1. The molecule has 0 aliphatic carbocycles. The Kier molecular flexibility index (Phi) is 5.52. The maximum absolute atomic E-state index is 13.5. The van der Waals surface area contributed by atoms with Gasteiger partial charge in [-0.15, -0.1) is 11.3 Å². The Bertz CT molecular complexity index is 1040. The second-order valence-corrected chi connectivity index (χ2v) is 8.04. The summed E-state index contributed by atoms with van der Waals surface area (Å²) in [4.78, 5) is 30.7. The van der Waals surface area contributed by atoms with Gasteiger partial charge in [-0.2, -0.15) is 0 Å². The number of carbonyl (C=O) groups excluding carboxylic acids is 1. The van der Waals surface area contributed by atoms with Crippen LogP contribution in [0.2, 0.25) is 0 Å². The summed E-state index contributed by atoms with van der Waals surface area (Å²) in [5.41, 5.74) is 1.49. The van der Waals surface area contributed by atoms with Crippen molar-refractivity contribution < 1.29 is 9.18 Å². The third-order valence-corrected chi connectivity index (χ3v) is 5.97. The maximum atomic E-state index is 13.5. The van der Waals surface area contributed by atoms with Crippen LogP contribution < -0.4 is 10.9 Å². The van der Waals surface area contributed by atoms with E-state index >= 15 is 0 Å². The van der Waals surface area contributed by atoms with E-state index in [9.17, 15) is 14.0 Å². The number of thiophene rings is 1. The fourth-order valence-electron chi connectivity index (χ4n) is 2.59. The lowest BCUT2D eigenvalue weighted by atomic mass is 10.2. The van der Waals surface area contributed by atoms with Gasteiger partial charge in [-0.3, -0.25) is 14.2 Å². The monoisotopic (exact) mass is 437 g/mol. The molecule has 1 aromatic carbocycles. The Morgan fingerprint density at radius 2 is 2.15 bits per heavy atom. The highest BCUT2D eigenvalue weighted by Crippen LogP contribution is 2.25. The highest BCUT2D eigenvalue weighted by Gasteiger charge is 2.12. The molecule has 0 radical (unpaired) electrons. The van der Waals surface area contributed by atoms with Gasteiger partial charge in [0.25, 0.3) is 5.56 Å². The quantitative estimate of drug-likeness (QED) is 0.661. The molecule has 136 valence electrons. The van der Waals surface area contributed by atoms with Crippen LogP contribution in [0.25, 0.3) is 10.2 Å². The first-order chi connectivity index (χ1) is 12.4. The number of aryl methyl sites for hydroxylation is 3. The minimum atomic E-state index is -0.371. The van der Waals surface area contributed by atoms with Crippen molar-refractivity contribution in [2.24, 2.45) is 0 Å². The van der Waals surface area contributed by atoms with Crippen molar-refractivity contribution >= 4 is 43.4 Å². The average molecular weight is 438 g/mol. The van der Waals surface area contributed by atoms with E-state index in [1.807, 2.05) is 13.8 Å². The highest BCUT2D eigenvalue weighted by atomic mass is 79.9. The standard InChI is InChI=1S/C18H17BrFN3O2S/c1-10-11(2)26-17-16(10)18(25)23(9-22-17)6-5-15(24)21-8-12-3-4-13(19)14(20)7-12/h3-4,7,9H,5-6,8H2,1-2H3,(H,21,24). The van der Waals surface area contributed by atoms with Gasteiger partial charge in [0.05, 0.1) is 16.2 Å². The largest absolute Gasteiger partial charge is 0.352 e. The number of rotatable bonds is 5. The van der Waals surface area contributed by atoms with Gasteiger partial charge in [0, 0.05) is 24.4 Å². The molecular weight excluding hydrogens is 421 g/mol. The topological polar surface area (TPSA) is 64.0 Å². The summed E-state index contributed by atoms with van der Waals surface area (Å²) in [5.74, 6) is -0.581. The number of hydrogen-bond acceptors (Lipinski definition) is 4. The molecule has 0 atom stereocenters. The number of halogens is 2. The van der Waals surface area contributed by atoms with Crippen molar-refractivity contribution in [2.75, 3.05) is 0 Å². The number of fused-ring (bicyclic) bond motifs is 1. The molecule has 2 heterocycles. The third-order valence-electron chi connectivity index (χ3n) is 4.21. The molecule has 2 aromatic heterocycles. The van der Waals surface area contributed by atoms with Crippen LogP contribution in [-0.2, 0) is 17.9 Å². The Morgan fingerprint density at radius 1 is 1.38 bits per heavy atom. The fraction of sp³-hybridized carbons (Fsp3) is 0.278. The van der Waals surface area contributed by atoms with Crippen LogP contribution in [-0.4, -0.2) is 15.5 Å². The van der Waals surface area contributed by atoms with E-state index in [1.165, 1.54) is 28.3 Å². The van der Waals surface area contributed by atoms with Gasteiger partial charge < -0.3 is 5.32 Å². The van der Waals surface area contributed by atoms with Crippen molar-refractivity contribution in [2.45, 2.75) is 33.4 Å². The maximum Gasteiger partial charge on any atom is 0.262 e. The second kappa shape index (κ2) is 7.67. The number of nitrogens with zero attached hydrogens (tertiary/aromatic N) is 2. The molecule has 8 heteroatoms. The summed E-state index contributed by atoms with van der Waals surface area (Å²) in [6.07, 6.45) is 1.63. The minimum absolute atomic E-state index is 0.125. The van der Waals surface area contributed by atoms with Crippen molar-refractivity contribution in [1.29, 1.82) is 0 Å². The van der Waals surface area contributed by atoms with Crippen LogP contribution in [0.15, 0.2) is 33.8 Å². The lowest BCUT2D eigenvalue weighted by molar-refractivity contribution is -0.121. The molecule has 1 N–H and O–H groups in total. The summed E-state index contributed by atoms with van der Waals surface area (Å²) >= 11 is 4.59. The third kappa shape index (κ3) is 3.86. The first-order valence-electron chi connectivity index (χ1n) is 8.02. The number of nitrogens with one attached hydrogen (secondary N) is 1. The zero-order chi connectivity index (χ0) is 18.8. The van der Waals surface area contributed by atoms with Crippen LogP contribution in [0, 0.1) is 19.7 Å². The number of hydrogen-bond donors (Lipinski definition) is 1. The first-order valence-corrected chi connectivity index (χ1v) is 9.63. The minimum Gasteiger partial charge on any atom is -0.352 e. The van der Waals surface area contributed by atoms with E-state index < -0.39 is 0 Å². The lowest BCUT2D eigenvalue weighted by Gasteiger charge is -2.08.